The summed E-state index contributed by atoms with van der Waals surface area (Å²) in [6.07, 6.45) is 2.89. The van der Waals surface area contributed by atoms with Gasteiger partial charge in [0, 0.05) is 33.3 Å². The zero-order chi connectivity index (χ0) is 22.1. The highest BCUT2D eigenvalue weighted by Gasteiger charge is 2.38. The summed E-state index contributed by atoms with van der Waals surface area (Å²) in [5.41, 5.74) is 3.57. The van der Waals surface area contributed by atoms with Gasteiger partial charge in [0.25, 0.3) is 0 Å². The van der Waals surface area contributed by atoms with Crippen LogP contribution >= 0.6 is 0 Å². The second-order valence-corrected chi connectivity index (χ2v) is 6.87. The van der Waals surface area contributed by atoms with Crippen LogP contribution in [-0.4, -0.2) is 22.2 Å². The fraction of sp³-hybridized carbons (Fsp3) is 0.273. The zero-order valence-corrected chi connectivity index (χ0v) is 15.4. The first-order chi connectivity index (χ1) is 14.6. The molecule has 136 valence electrons. The lowest BCUT2D eigenvalue weighted by molar-refractivity contribution is 0.601. The average Bonchev–Trinajstić information content (AvgIpc) is 3.22. The molecule has 1 aliphatic heterocycles. The lowest BCUT2D eigenvalue weighted by Gasteiger charge is -2.33. The summed E-state index contributed by atoms with van der Waals surface area (Å²) in [7, 11) is 0. The van der Waals surface area contributed by atoms with Crippen molar-refractivity contribution < 1.29 is 9.90 Å². The highest BCUT2D eigenvalue weighted by Crippen LogP contribution is 2.47. The van der Waals surface area contributed by atoms with Crippen molar-refractivity contribution >= 4 is 39.3 Å². The predicted octanol–water partition coefficient (Wildman–Crippen LogP) is 5.40. The molecule has 0 N–H and O–H groups in total. The number of aryl methyl sites for hydroxylation is 1. The second kappa shape index (κ2) is 5.71. The number of anilines is 3. The SMILES string of the molecule is [2H]C([2H])([2H])C([2H])(C)N1c2cccnc2N(c2c(C)ccc3c2oc2ncccc23)C1C. The highest BCUT2D eigenvalue weighted by atomic mass is 16.3. The Morgan fingerprint density at radius 2 is 1.96 bits per heavy atom. The number of pyridine rings is 2. The number of rotatable bonds is 2. The molecule has 4 heterocycles. The summed E-state index contributed by atoms with van der Waals surface area (Å²) in [5, 5.41) is 1.84. The van der Waals surface area contributed by atoms with Gasteiger partial charge in [-0.3, -0.25) is 0 Å². The molecule has 0 aliphatic carbocycles. The Morgan fingerprint density at radius 3 is 2.81 bits per heavy atom. The molecule has 0 spiro atoms. The van der Waals surface area contributed by atoms with Gasteiger partial charge in [0.15, 0.2) is 11.4 Å². The zero-order valence-electron chi connectivity index (χ0n) is 19.4. The van der Waals surface area contributed by atoms with E-state index in [4.69, 9.17) is 9.90 Å². The van der Waals surface area contributed by atoms with E-state index < -0.39 is 19.0 Å². The number of fused-ring (bicyclic) bond motifs is 4. The van der Waals surface area contributed by atoms with Crippen LogP contribution in [0, 0.1) is 6.92 Å². The van der Waals surface area contributed by atoms with E-state index in [1.54, 1.807) is 23.4 Å². The van der Waals surface area contributed by atoms with Crippen molar-refractivity contribution in [1.29, 1.82) is 0 Å². The van der Waals surface area contributed by atoms with Crippen molar-refractivity contribution in [3.63, 3.8) is 0 Å². The molecule has 1 aliphatic rings. The number of hydrogen-bond acceptors (Lipinski definition) is 5. The molecule has 0 saturated heterocycles. The molecule has 0 saturated carbocycles. The maximum atomic E-state index is 8.77. The van der Waals surface area contributed by atoms with Gasteiger partial charge in [-0.05, 0) is 57.5 Å². The van der Waals surface area contributed by atoms with Crippen molar-refractivity contribution in [1.82, 2.24) is 9.97 Å². The summed E-state index contributed by atoms with van der Waals surface area (Å²) in [6, 6.07) is 9.59. The van der Waals surface area contributed by atoms with Crippen LogP contribution < -0.4 is 9.80 Å². The van der Waals surface area contributed by atoms with Gasteiger partial charge in [-0.2, -0.15) is 0 Å². The molecular weight excluding hydrogens is 336 g/mol. The molecular formula is C22H22N4O. The Labute approximate surface area is 163 Å². The smallest absolute Gasteiger partial charge is 0.227 e. The van der Waals surface area contributed by atoms with Crippen LogP contribution in [0.3, 0.4) is 0 Å². The van der Waals surface area contributed by atoms with Crippen LogP contribution in [0.5, 0.6) is 0 Å². The Kier molecular flexibility index (Phi) is 2.61. The molecule has 2 atom stereocenters. The van der Waals surface area contributed by atoms with Crippen LogP contribution in [0.4, 0.5) is 17.2 Å². The summed E-state index contributed by atoms with van der Waals surface area (Å²) < 4.78 is 38.9. The van der Waals surface area contributed by atoms with Crippen LogP contribution in [0.25, 0.3) is 22.1 Å². The van der Waals surface area contributed by atoms with E-state index in [2.05, 4.69) is 9.97 Å². The first-order valence-corrected chi connectivity index (χ1v) is 8.93. The highest BCUT2D eigenvalue weighted by molar-refractivity contribution is 6.09. The summed E-state index contributed by atoms with van der Waals surface area (Å²) in [5.74, 6) is 0.599. The quantitative estimate of drug-likeness (QED) is 0.478. The fourth-order valence-corrected chi connectivity index (χ4v) is 4.07. The summed E-state index contributed by atoms with van der Waals surface area (Å²) in [6.45, 7) is 2.78. The third-order valence-electron chi connectivity index (χ3n) is 5.20. The molecule has 0 radical (unpaired) electrons. The van der Waals surface area contributed by atoms with E-state index in [1.807, 2.05) is 49.1 Å². The third kappa shape index (κ3) is 2.17. The van der Waals surface area contributed by atoms with E-state index in [0.29, 0.717) is 22.8 Å². The van der Waals surface area contributed by atoms with Gasteiger partial charge in [0.2, 0.25) is 5.71 Å². The van der Waals surface area contributed by atoms with Gasteiger partial charge in [0.05, 0.1) is 12.7 Å². The molecule has 0 fully saturated rings. The normalized spacial score (nSPS) is 21.5. The molecule has 0 amide bonds. The number of furan rings is 1. The van der Waals surface area contributed by atoms with Crippen molar-refractivity contribution in [2.24, 2.45) is 0 Å². The lowest BCUT2D eigenvalue weighted by atomic mass is 10.1. The molecule has 4 aromatic rings. The molecule has 3 aromatic heterocycles. The van der Waals surface area contributed by atoms with Crippen molar-refractivity contribution in [2.75, 3.05) is 9.80 Å². The van der Waals surface area contributed by atoms with Crippen LogP contribution in [0.2, 0.25) is 0 Å². The van der Waals surface area contributed by atoms with E-state index in [-0.39, 0.29) is 0 Å². The van der Waals surface area contributed by atoms with Gasteiger partial charge < -0.3 is 14.2 Å². The maximum absolute atomic E-state index is 8.77. The van der Waals surface area contributed by atoms with E-state index in [9.17, 15) is 0 Å². The molecule has 0 bridgehead atoms. The largest absolute Gasteiger partial charge is 0.435 e. The van der Waals surface area contributed by atoms with Crippen molar-refractivity contribution in [3.05, 3.63) is 54.4 Å². The van der Waals surface area contributed by atoms with E-state index in [1.165, 1.54) is 6.92 Å². The number of aromatic nitrogens is 2. The lowest BCUT2D eigenvalue weighted by Crippen LogP contribution is -2.42. The molecule has 5 rings (SSSR count). The van der Waals surface area contributed by atoms with Gasteiger partial charge in [0.1, 0.15) is 6.17 Å². The minimum absolute atomic E-state index is 0.474. The first-order valence-electron chi connectivity index (χ1n) is 10.9. The summed E-state index contributed by atoms with van der Waals surface area (Å²) >= 11 is 0. The van der Waals surface area contributed by atoms with Gasteiger partial charge >= 0.3 is 0 Å². The first kappa shape index (κ1) is 12.3. The topological polar surface area (TPSA) is 45.4 Å². The van der Waals surface area contributed by atoms with Gasteiger partial charge in [-0.25, -0.2) is 9.97 Å². The molecule has 27 heavy (non-hydrogen) atoms. The third-order valence-corrected chi connectivity index (χ3v) is 5.20. The van der Waals surface area contributed by atoms with E-state index in [0.717, 1.165) is 22.0 Å². The number of benzene rings is 1. The Morgan fingerprint density at radius 1 is 1.15 bits per heavy atom. The van der Waals surface area contributed by atoms with E-state index >= 15 is 0 Å². The molecule has 1 aromatic carbocycles. The standard InChI is InChI=1S/C22H22N4O/c1-13(2)25-15(4)26(21-18(25)8-6-11-23-21)19-14(3)9-10-16-17-7-5-12-24-22(17)27-20(16)19/h5-13,15H,1-4H3/i1D3,13D. The van der Waals surface area contributed by atoms with Crippen LogP contribution in [0.1, 0.15) is 31.7 Å². The maximum Gasteiger partial charge on any atom is 0.227 e. The molecule has 2 unspecified atom stereocenters. The molecule has 5 heteroatoms. The Hall–Kier alpha value is -3.08. The van der Waals surface area contributed by atoms with Gasteiger partial charge in [-0.1, -0.05) is 12.1 Å². The molecule has 5 nitrogen and oxygen atoms in total. The minimum Gasteiger partial charge on any atom is -0.435 e. The second-order valence-electron chi connectivity index (χ2n) is 6.87. The van der Waals surface area contributed by atoms with Crippen molar-refractivity contribution in [3.8, 4) is 0 Å². The minimum atomic E-state index is -2.52. The number of hydrogen-bond donors (Lipinski definition) is 0. The van der Waals surface area contributed by atoms with Crippen LogP contribution in [0.15, 0.2) is 53.2 Å². The Balaban J connectivity index is 1.79. The Bertz CT molecular complexity index is 1310. The van der Waals surface area contributed by atoms with Crippen molar-refractivity contribution in [2.45, 2.75) is 39.8 Å². The van der Waals surface area contributed by atoms with Gasteiger partial charge in [-0.15, -0.1) is 0 Å². The predicted molar refractivity (Wildman–Crippen MR) is 110 cm³/mol. The average molecular weight is 362 g/mol. The summed E-state index contributed by atoms with van der Waals surface area (Å²) in [4.78, 5) is 12.5. The fourth-order valence-electron chi connectivity index (χ4n) is 4.07. The van der Waals surface area contributed by atoms with Crippen LogP contribution in [-0.2, 0) is 0 Å². The monoisotopic (exact) mass is 362 g/mol. The number of nitrogens with zero attached hydrogens (tertiary/aromatic N) is 4.